The van der Waals surface area contributed by atoms with Gasteiger partial charge in [-0.2, -0.15) is 0 Å². The van der Waals surface area contributed by atoms with Crippen molar-refractivity contribution in [3.63, 3.8) is 0 Å². The van der Waals surface area contributed by atoms with Crippen LogP contribution in [0.5, 0.6) is 0 Å². The SMILES string of the molecule is CNC(=O)c1cccc(NCc2cc(C)n(C)c2C)c1. The van der Waals surface area contributed by atoms with Crippen molar-refractivity contribution in [2.24, 2.45) is 7.05 Å². The van der Waals surface area contributed by atoms with Gasteiger partial charge in [0, 0.05) is 43.3 Å². The van der Waals surface area contributed by atoms with Gasteiger partial charge >= 0.3 is 0 Å². The van der Waals surface area contributed by atoms with Crippen LogP contribution < -0.4 is 10.6 Å². The Kier molecular flexibility index (Phi) is 4.13. The normalized spacial score (nSPS) is 10.4. The second-order valence-electron chi connectivity index (χ2n) is 4.97. The monoisotopic (exact) mass is 271 g/mol. The van der Waals surface area contributed by atoms with Crippen molar-refractivity contribution in [1.82, 2.24) is 9.88 Å². The summed E-state index contributed by atoms with van der Waals surface area (Å²) in [6.45, 7) is 4.97. The number of benzene rings is 1. The van der Waals surface area contributed by atoms with Gasteiger partial charge in [-0.1, -0.05) is 6.07 Å². The number of aromatic nitrogens is 1. The lowest BCUT2D eigenvalue weighted by Crippen LogP contribution is -2.17. The zero-order valence-electron chi connectivity index (χ0n) is 12.4. The molecule has 1 heterocycles. The Morgan fingerprint density at radius 3 is 2.60 bits per heavy atom. The van der Waals surface area contributed by atoms with Gasteiger partial charge in [0.25, 0.3) is 5.91 Å². The third-order valence-corrected chi connectivity index (χ3v) is 3.71. The predicted molar refractivity (Wildman–Crippen MR) is 82.0 cm³/mol. The summed E-state index contributed by atoms with van der Waals surface area (Å²) in [5, 5.41) is 6.00. The molecule has 1 amide bonds. The van der Waals surface area contributed by atoms with E-state index >= 15 is 0 Å². The lowest BCUT2D eigenvalue weighted by atomic mass is 10.1. The van der Waals surface area contributed by atoms with E-state index in [1.807, 2.05) is 24.3 Å². The molecule has 1 aromatic carbocycles. The molecule has 0 radical (unpaired) electrons. The first-order valence-corrected chi connectivity index (χ1v) is 6.70. The van der Waals surface area contributed by atoms with Crippen LogP contribution in [0.3, 0.4) is 0 Å². The van der Waals surface area contributed by atoms with Gasteiger partial charge in [0.1, 0.15) is 0 Å². The van der Waals surface area contributed by atoms with E-state index < -0.39 is 0 Å². The van der Waals surface area contributed by atoms with Gasteiger partial charge in [-0.05, 0) is 43.7 Å². The molecule has 0 saturated carbocycles. The fourth-order valence-electron chi connectivity index (χ4n) is 2.22. The second-order valence-corrected chi connectivity index (χ2v) is 4.97. The van der Waals surface area contributed by atoms with Crippen LogP contribution in [0.25, 0.3) is 0 Å². The minimum absolute atomic E-state index is 0.0691. The van der Waals surface area contributed by atoms with Crippen molar-refractivity contribution in [2.75, 3.05) is 12.4 Å². The average molecular weight is 271 g/mol. The molecule has 0 atom stereocenters. The molecule has 0 aliphatic carbocycles. The summed E-state index contributed by atoms with van der Waals surface area (Å²) in [6, 6.07) is 9.71. The molecule has 4 nitrogen and oxygen atoms in total. The fourth-order valence-corrected chi connectivity index (χ4v) is 2.22. The summed E-state index contributed by atoms with van der Waals surface area (Å²) >= 11 is 0. The van der Waals surface area contributed by atoms with Crippen LogP contribution in [-0.4, -0.2) is 17.5 Å². The zero-order valence-corrected chi connectivity index (χ0v) is 12.4. The maximum Gasteiger partial charge on any atom is 0.251 e. The number of carbonyl (C=O) groups is 1. The van der Waals surface area contributed by atoms with E-state index in [1.165, 1.54) is 17.0 Å². The number of hydrogen-bond donors (Lipinski definition) is 2. The smallest absolute Gasteiger partial charge is 0.251 e. The highest BCUT2D eigenvalue weighted by Gasteiger charge is 2.07. The van der Waals surface area contributed by atoms with Gasteiger partial charge < -0.3 is 15.2 Å². The standard InChI is InChI=1S/C16H21N3O/c1-11-8-14(12(2)19(11)4)10-18-15-7-5-6-13(9-15)16(20)17-3/h5-9,18H,10H2,1-4H3,(H,17,20). The molecule has 106 valence electrons. The number of amides is 1. The number of nitrogens with zero attached hydrogens (tertiary/aromatic N) is 1. The highest BCUT2D eigenvalue weighted by Crippen LogP contribution is 2.16. The molecule has 2 rings (SSSR count). The van der Waals surface area contributed by atoms with Crippen molar-refractivity contribution < 1.29 is 4.79 Å². The van der Waals surface area contributed by atoms with E-state index in [-0.39, 0.29) is 5.91 Å². The van der Waals surface area contributed by atoms with E-state index in [9.17, 15) is 4.79 Å². The maximum absolute atomic E-state index is 11.6. The van der Waals surface area contributed by atoms with Crippen molar-refractivity contribution in [3.8, 4) is 0 Å². The Morgan fingerprint density at radius 2 is 2.00 bits per heavy atom. The zero-order chi connectivity index (χ0) is 14.7. The summed E-state index contributed by atoms with van der Waals surface area (Å²) in [6.07, 6.45) is 0. The predicted octanol–water partition coefficient (Wildman–Crippen LogP) is 2.61. The number of nitrogens with one attached hydrogen (secondary N) is 2. The summed E-state index contributed by atoms with van der Waals surface area (Å²) in [4.78, 5) is 11.6. The second kappa shape index (κ2) is 5.82. The Morgan fingerprint density at radius 1 is 1.25 bits per heavy atom. The number of carbonyl (C=O) groups excluding carboxylic acids is 1. The first-order valence-electron chi connectivity index (χ1n) is 6.70. The molecule has 2 N–H and O–H groups in total. The van der Waals surface area contributed by atoms with E-state index in [0.29, 0.717) is 5.56 Å². The Bertz CT molecular complexity index is 629. The summed E-state index contributed by atoms with van der Waals surface area (Å²) < 4.78 is 2.18. The molecule has 0 saturated heterocycles. The number of rotatable bonds is 4. The highest BCUT2D eigenvalue weighted by molar-refractivity contribution is 5.94. The fraction of sp³-hybridized carbons (Fsp3) is 0.312. The maximum atomic E-state index is 11.6. The van der Waals surface area contributed by atoms with Crippen molar-refractivity contribution in [2.45, 2.75) is 20.4 Å². The molecule has 0 aliphatic heterocycles. The van der Waals surface area contributed by atoms with Gasteiger partial charge in [0.2, 0.25) is 0 Å². The molecule has 4 heteroatoms. The molecular weight excluding hydrogens is 250 g/mol. The highest BCUT2D eigenvalue weighted by atomic mass is 16.1. The van der Waals surface area contributed by atoms with E-state index in [4.69, 9.17) is 0 Å². The van der Waals surface area contributed by atoms with Crippen LogP contribution in [0, 0.1) is 13.8 Å². The summed E-state index contributed by atoms with van der Waals surface area (Å²) in [7, 11) is 3.71. The van der Waals surface area contributed by atoms with Crippen LogP contribution in [0.4, 0.5) is 5.69 Å². The topological polar surface area (TPSA) is 46.1 Å². The number of anilines is 1. The van der Waals surface area contributed by atoms with Gasteiger partial charge in [-0.25, -0.2) is 0 Å². The van der Waals surface area contributed by atoms with Gasteiger partial charge in [0.05, 0.1) is 0 Å². The molecule has 1 aromatic heterocycles. The first-order chi connectivity index (χ1) is 9.52. The third kappa shape index (κ3) is 2.85. The molecule has 0 fully saturated rings. The lowest BCUT2D eigenvalue weighted by molar-refractivity contribution is 0.0963. The summed E-state index contributed by atoms with van der Waals surface area (Å²) in [5.41, 5.74) is 5.40. The van der Waals surface area contributed by atoms with Crippen molar-refractivity contribution in [1.29, 1.82) is 0 Å². The van der Waals surface area contributed by atoms with Crippen molar-refractivity contribution >= 4 is 11.6 Å². The first kappa shape index (κ1) is 14.2. The molecule has 20 heavy (non-hydrogen) atoms. The lowest BCUT2D eigenvalue weighted by Gasteiger charge is -2.08. The van der Waals surface area contributed by atoms with Crippen molar-refractivity contribution in [3.05, 3.63) is 52.8 Å². The van der Waals surface area contributed by atoms with E-state index in [0.717, 1.165) is 12.2 Å². The average Bonchev–Trinajstić information content (AvgIpc) is 2.72. The largest absolute Gasteiger partial charge is 0.381 e. The van der Waals surface area contributed by atoms with Gasteiger partial charge in [0.15, 0.2) is 0 Å². The Labute approximate surface area is 119 Å². The number of hydrogen-bond acceptors (Lipinski definition) is 2. The molecule has 0 bridgehead atoms. The quantitative estimate of drug-likeness (QED) is 0.898. The van der Waals surface area contributed by atoms with Gasteiger partial charge in [-0.15, -0.1) is 0 Å². The third-order valence-electron chi connectivity index (χ3n) is 3.71. The van der Waals surface area contributed by atoms with E-state index in [1.54, 1.807) is 7.05 Å². The van der Waals surface area contributed by atoms with Crippen LogP contribution in [0.1, 0.15) is 27.3 Å². The molecule has 2 aromatic rings. The molecule has 0 aliphatic rings. The molecule has 0 unspecified atom stereocenters. The molecule has 0 spiro atoms. The van der Waals surface area contributed by atoms with Gasteiger partial charge in [-0.3, -0.25) is 4.79 Å². The number of aryl methyl sites for hydroxylation is 1. The molecular formula is C16H21N3O. The Balaban J connectivity index is 2.11. The van der Waals surface area contributed by atoms with Crippen LogP contribution in [-0.2, 0) is 13.6 Å². The van der Waals surface area contributed by atoms with Crippen LogP contribution >= 0.6 is 0 Å². The minimum Gasteiger partial charge on any atom is -0.381 e. The van der Waals surface area contributed by atoms with Crippen LogP contribution in [0.2, 0.25) is 0 Å². The Hall–Kier alpha value is -2.23. The van der Waals surface area contributed by atoms with E-state index in [2.05, 4.69) is 42.2 Å². The van der Waals surface area contributed by atoms with Crippen LogP contribution in [0.15, 0.2) is 30.3 Å². The summed E-state index contributed by atoms with van der Waals surface area (Å²) in [5.74, 6) is -0.0691. The minimum atomic E-state index is -0.0691.